The third-order valence-corrected chi connectivity index (χ3v) is 3.12. The van der Waals surface area contributed by atoms with Crippen LogP contribution < -0.4 is 9.47 Å². The van der Waals surface area contributed by atoms with E-state index in [0.29, 0.717) is 17.4 Å². The van der Waals surface area contributed by atoms with Gasteiger partial charge >= 0.3 is 0 Å². The summed E-state index contributed by atoms with van der Waals surface area (Å²) in [7, 11) is 1.61. The largest absolute Gasteiger partial charge is 0.493 e. The molecule has 0 aliphatic rings. The number of nitrogens with zero attached hydrogens (tertiary/aromatic N) is 1. The summed E-state index contributed by atoms with van der Waals surface area (Å²) in [6.07, 6.45) is 0. The molecule has 0 fully saturated rings. The number of rotatable bonds is 3. The van der Waals surface area contributed by atoms with Crippen LogP contribution in [-0.4, -0.2) is 12.1 Å². The fourth-order valence-electron chi connectivity index (χ4n) is 1.39. The van der Waals surface area contributed by atoms with E-state index in [0.717, 1.165) is 10.2 Å². The highest BCUT2D eigenvalue weighted by molar-refractivity contribution is 9.10. The standard InChI is InChI=1S/C13H12BrNO2/c1-9-10(14)7-8-13(15-9)17-12-6-4-3-5-11(12)16-2/h3-8H,1-2H3. The summed E-state index contributed by atoms with van der Waals surface area (Å²) in [4.78, 5) is 4.32. The van der Waals surface area contributed by atoms with E-state index < -0.39 is 0 Å². The minimum atomic E-state index is 0.551. The molecule has 0 N–H and O–H groups in total. The first-order valence-electron chi connectivity index (χ1n) is 5.14. The Hall–Kier alpha value is -1.55. The summed E-state index contributed by atoms with van der Waals surface area (Å²) in [5, 5.41) is 0. The Morgan fingerprint density at radius 1 is 1.06 bits per heavy atom. The Kier molecular flexibility index (Phi) is 3.64. The first kappa shape index (κ1) is 11.9. The van der Waals surface area contributed by atoms with Crippen molar-refractivity contribution in [2.75, 3.05) is 7.11 Å². The quantitative estimate of drug-likeness (QED) is 0.858. The second-order valence-corrected chi connectivity index (χ2v) is 4.32. The topological polar surface area (TPSA) is 31.4 Å². The molecule has 4 heteroatoms. The number of para-hydroxylation sites is 2. The van der Waals surface area contributed by atoms with Crippen LogP contribution in [0.25, 0.3) is 0 Å². The summed E-state index contributed by atoms with van der Waals surface area (Å²) >= 11 is 3.40. The molecule has 1 heterocycles. The first-order valence-corrected chi connectivity index (χ1v) is 5.94. The number of hydrogen-bond acceptors (Lipinski definition) is 3. The van der Waals surface area contributed by atoms with Gasteiger partial charge in [-0.3, -0.25) is 0 Å². The molecular weight excluding hydrogens is 282 g/mol. The van der Waals surface area contributed by atoms with Crippen LogP contribution in [0.3, 0.4) is 0 Å². The van der Waals surface area contributed by atoms with E-state index in [1.807, 2.05) is 43.3 Å². The molecule has 0 atom stereocenters. The molecule has 3 nitrogen and oxygen atoms in total. The number of pyridine rings is 1. The Morgan fingerprint density at radius 2 is 1.76 bits per heavy atom. The van der Waals surface area contributed by atoms with Crippen LogP contribution in [0.15, 0.2) is 40.9 Å². The molecule has 2 aromatic rings. The predicted molar refractivity (Wildman–Crippen MR) is 69.7 cm³/mol. The maximum Gasteiger partial charge on any atom is 0.219 e. The lowest BCUT2D eigenvalue weighted by molar-refractivity contribution is 0.374. The highest BCUT2D eigenvalue weighted by atomic mass is 79.9. The second-order valence-electron chi connectivity index (χ2n) is 3.47. The lowest BCUT2D eigenvalue weighted by Gasteiger charge is -2.09. The molecule has 0 saturated heterocycles. The number of aromatic nitrogens is 1. The van der Waals surface area contributed by atoms with Gasteiger partial charge in [0.2, 0.25) is 5.88 Å². The summed E-state index contributed by atoms with van der Waals surface area (Å²) in [6.45, 7) is 1.92. The van der Waals surface area contributed by atoms with Crippen molar-refractivity contribution >= 4 is 15.9 Å². The molecule has 0 radical (unpaired) electrons. The Labute approximate surface area is 109 Å². The Bertz CT molecular complexity index is 529. The first-order chi connectivity index (χ1) is 8.20. The lowest BCUT2D eigenvalue weighted by atomic mass is 10.3. The van der Waals surface area contributed by atoms with Gasteiger partial charge in [-0.2, -0.15) is 0 Å². The summed E-state index contributed by atoms with van der Waals surface area (Å²) in [6, 6.07) is 11.2. The molecule has 88 valence electrons. The smallest absolute Gasteiger partial charge is 0.219 e. The van der Waals surface area contributed by atoms with E-state index in [1.165, 1.54) is 0 Å². The molecule has 2 rings (SSSR count). The minimum Gasteiger partial charge on any atom is -0.493 e. The molecule has 0 bridgehead atoms. The molecule has 0 aliphatic heterocycles. The summed E-state index contributed by atoms with van der Waals surface area (Å²) < 4.78 is 11.9. The van der Waals surface area contributed by atoms with Crippen molar-refractivity contribution in [3.63, 3.8) is 0 Å². The highest BCUT2D eigenvalue weighted by Crippen LogP contribution is 2.30. The third-order valence-electron chi connectivity index (χ3n) is 2.28. The van der Waals surface area contributed by atoms with E-state index >= 15 is 0 Å². The molecule has 0 amide bonds. The van der Waals surface area contributed by atoms with Crippen LogP contribution in [0.4, 0.5) is 0 Å². The zero-order valence-corrected chi connectivity index (χ0v) is 11.2. The third kappa shape index (κ3) is 2.77. The van der Waals surface area contributed by atoms with Gasteiger partial charge < -0.3 is 9.47 Å². The number of aryl methyl sites for hydroxylation is 1. The number of halogens is 1. The number of hydrogen-bond donors (Lipinski definition) is 0. The van der Waals surface area contributed by atoms with Crippen molar-refractivity contribution < 1.29 is 9.47 Å². The van der Waals surface area contributed by atoms with Crippen molar-refractivity contribution in [3.8, 4) is 17.4 Å². The Balaban J connectivity index is 2.28. The zero-order chi connectivity index (χ0) is 12.3. The maximum atomic E-state index is 5.68. The summed E-state index contributed by atoms with van der Waals surface area (Å²) in [5.74, 6) is 1.90. The summed E-state index contributed by atoms with van der Waals surface area (Å²) in [5.41, 5.74) is 0.886. The molecule has 17 heavy (non-hydrogen) atoms. The van der Waals surface area contributed by atoms with Gasteiger partial charge in [0.25, 0.3) is 0 Å². The molecule has 1 aromatic carbocycles. The van der Waals surface area contributed by atoms with E-state index in [9.17, 15) is 0 Å². The average molecular weight is 294 g/mol. The van der Waals surface area contributed by atoms with Crippen molar-refractivity contribution in [2.45, 2.75) is 6.92 Å². The molecular formula is C13H12BrNO2. The van der Waals surface area contributed by atoms with E-state index in [4.69, 9.17) is 9.47 Å². The van der Waals surface area contributed by atoms with Gasteiger partial charge in [-0.1, -0.05) is 12.1 Å². The van der Waals surface area contributed by atoms with E-state index in [-0.39, 0.29) is 0 Å². The number of benzene rings is 1. The van der Waals surface area contributed by atoms with Crippen molar-refractivity contribution in [1.29, 1.82) is 0 Å². The van der Waals surface area contributed by atoms with Gasteiger partial charge in [-0.25, -0.2) is 4.98 Å². The SMILES string of the molecule is COc1ccccc1Oc1ccc(Br)c(C)n1. The van der Waals surface area contributed by atoms with Gasteiger partial charge in [-0.05, 0) is 41.1 Å². The zero-order valence-electron chi connectivity index (χ0n) is 9.61. The Morgan fingerprint density at radius 3 is 2.41 bits per heavy atom. The lowest BCUT2D eigenvalue weighted by Crippen LogP contribution is -1.93. The van der Waals surface area contributed by atoms with Crippen LogP contribution in [-0.2, 0) is 0 Å². The van der Waals surface area contributed by atoms with Crippen LogP contribution in [0, 0.1) is 6.92 Å². The molecule has 1 aromatic heterocycles. The van der Waals surface area contributed by atoms with Gasteiger partial charge in [0, 0.05) is 10.5 Å². The normalized spacial score (nSPS) is 10.1. The highest BCUT2D eigenvalue weighted by Gasteiger charge is 2.06. The van der Waals surface area contributed by atoms with Gasteiger partial charge in [0.15, 0.2) is 11.5 Å². The van der Waals surface area contributed by atoms with Gasteiger partial charge in [0.1, 0.15) is 0 Å². The van der Waals surface area contributed by atoms with Gasteiger partial charge in [-0.15, -0.1) is 0 Å². The van der Waals surface area contributed by atoms with Crippen LogP contribution in [0.1, 0.15) is 5.69 Å². The molecule has 0 saturated carbocycles. The molecule has 0 spiro atoms. The fraction of sp³-hybridized carbons (Fsp3) is 0.154. The van der Waals surface area contributed by atoms with Crippen LogP contribution in [0.2, 0.25) is 0 Å². The average Bonchev–Trinajstić information content (AvgIpc) is 2.34. The van der Waals surface area contributed by atoms with E-state index in [1.54, 1.807) is 7.11 Å². The monoisotopic (exact) mass is 293 g/mol. The maximum absolute atomic E-state index is 5.68. The van der Waals surface area contributed by atoms with Crippen molar-refractivity contribution in [2.24, 2.45) is 0 Å². The number of methoxy groups -OCH3 is 1. The van der Waals surface area contributed by atoms with E-state index in [2.05, 4.69) is 20.9 Å². The fourth-order valence-corrected chi connectivity index (χ4v) is 1.61. The minimum absolute atomic E-state index is 0.551. The van der Waals surface area contributed by atoms with Crippen molar-refractivity contribution in [1.82, 2.24) is 4.98 Å². The molecule has 0 unspecified atom stereocenters. The second kappa shape index (κ2) is 5.19. The number of ether oxygens (including phenoxy) is 2. The molecule has 0 aliphatic carbocycles. The van der Waals surface area contributed by atoms with Gasteiger partial charge in [0.05, 0.1) is 12.8 Å². The van der Waals surface area contributed by atoms with Crippen LogP contribution >= 0.6 is 15.9 Å². The predicted octanol–water partition coefficient (Wildman–Crippen LogP) is 3.95. The van der Waals surface area contributed by atoms with Crippen LogP contribution in [0.5, 0.6) is 17.4 Å². The van der Waals surface area contributed by atoms with Crippen molar-refractivity contribution in [3.05, 3.63) is 46.6 Å².